The summed E-state index contributed by atoms with van der Waals surface area (Å²) < 4.78 is 5.33. The number of nitrogens with one attached hydrogen (secondary N) is 1. The van der Waals surface area contributed by atoms with E-state index in [1.165, 1.54) is 0 Å². The van der Waals surface area contributed by atoms with E-state index in [0.29, 0.717) is 17.8 Å². The van der Waals surface area contributed by atoms with E-state index in [4.69, 9.17) is 4.42 Å². The number of rotatable bonds is 2. The summed E-state index contributed by atoms with van der Waals surface area (Å²) in [6, 6.07) is 11.1. The Bertz CT molecular complexity index is 652. The van der Waals surface area contributed by atoms with Gasteiger partial charge in [-0.1, -0.05) is 18.2 Å². The largest absolute Gasteiger partial charge is 0.452 e. The molecule has 1 N–H and O–H groups in total. The Labute approximate surface area is 90.9 Å². The van der Waals surface area contributed by atoms with Crippen LogP contribution in [0, 0.1) is 0 Å². The van der Waals surface area contributed by atoms with Crippen LogP contribution in [0.1, 0.15) is 10.6 Å². The molecule has 4 nitrogen and oxygen atoms in total. The topological polar surface area (TPSA) is 58.9 Å². The molecule has 0 saturated heterocycles. The maximum absolute atomic E-state index is 10.5. The maximum Gasteiger partial charge on any atom is 0.185 e. The van der Waals surface area contributed by atoms with E-state index in [1.54, 1.807) is 12.1 Å². The van der Waals surface area contributed by atoms with Crippen LogP contribution >= 0.6 is 0 Å². The maximum atomic E-state index is 10.5. The molecule has 0 atom stereocenters. The molecule has 2 heterocycles. The summed E-state index contributed by atoms with van der Waals surface area (Å²) in [6.07, 6.45) is 0.679. The van der Waals surface area contributed by atoms with E-state index in [-0.39, 0.29) is 0 Å². The Morgan fingerprint density at radius 1 is 1.19 bits per heavy atom. The number of para-hydroxylation sites is 1. The summed E-state index contributed by atoms with van der Waals surface area (Å²) in [5.74, 6) is 0.904. The summed E-state index contributed by atoms with van der Waals surface area (Å²) >= 11 is 0. The van der Waals surface area contributed by atoms with E-state index in [1.807, 2.05) is 24.3 Å². The van der Waals surface area contributed by atoms with Crippen molar-refractivity contribution in [2.75, 3.05) is 0 Å². The molecular weight excluding hydrogens is 204 g/mol. The van der Waals surface area contributed by atoms with Gasteiger partial charge in [0, 0.05) is 5.39 Å². The minimum absolute atomic E-state index is 0.307. The lowest BCUT2D eigenvalue weighted by Gasteiger charge is -1.91. The fraction of sp³-hybridized carbons (Fsp3) is 0. The number of fused-ring (bicyclic) bond motifs is 1. The van der Waals surface area contributed by atoms with Crippen molar-refractivity contribution in [2.24, 2.45) is 0 Å². The molecule has 1 aromatic carbocycles. The number of H-pyrrole nitrogens is 1. The van der Waals surface area contributed by atoms with Crippen LogP contribution in [0.3, 0.4) is 0 Å². The Hall–Kier alpha value is -2.36. The van der Waals surface area contributed by atoms with Gasteiger partial charge in [-0.2, -0.15) is 5.10 Å². The highest BCUT2D eigenvalue weighted by atomic mass is 16.3. The Morgan fingerprint density at radius 2 is 2.06 bits per heavy atom. The highest BCUT2D eigenvalue weighted by Gasteiger charge is 2.11. The quantitative estimate of drug-likeness (QED) is 0.664. The van der Waals surface area contributed by atoms with E-state index in [9.17, 15) is 4.79 Å². The number of aldehydes is 1. The van der Waals surface area contributed by atoms with Gasteiger partial charge in [-0.25, -0.2) is 0 Å². The van der Waals surface area contributed by atoms with Crippen molar-refractivity contribution >= 4 is 17.2 Å². The summed E-state index contributed by atoms with van der Waals surface area (Å²) in [6.45, 7) is 0. The number of aromatic nitrogens is 2. The standard InChI is InChI=1S/C12H8N2O2/c15-7-8-5-6-11(16-8)12-9-3-1-2-4-10(9)13-14-12/h1-7H,(H,13,14). The lowest BCUT2D eigenvalue weighted by Crippen LogP contribution is -1.74. The first-order valence-corrected chi connectivity index (χ1v) is 4.87. The number of carbonyl (C=O) groups is 1. The summed E-state index contributed by atoms with van der Waals surface area (Å²) in [5, 5.41) is 8.07. The fourth-order valence-electron chi connectivity index (χ4n) is 1.69. The van der Waals surface area contributed by atoms with Gasteiger partial charge in [-0.3, -0.25) is 9.89 Å². The van der Waals surface area contributed by atoms with Crippen molar-refractivity contribution in [3.8, 4) is 11.5 Å². The van der Waals surface area contributed by atoms with Gasteiger partial charge in [-0.05, 0) is 18.2 Å². The second-order valence-corrected chi connectivity index (χ2v) is 3.44. The zero-order valence-electron chi connectivity index (χ0n) is 8.31. The van der Waals surface area contributed by atoms with E-state index < -0.39 is 0 Å². The molecule has 0 spiro atoms. The molecule has 3 aromatic rings. The molecule has 0 radical (unpaired) electrons. The minimum atomic E-state index is 0.307. The van der Waals surface area contributed by atoms with Gasteiger partial charge in [-0.15, -0.1) is 0 Å². The Kier molecular flexibility index (Phi) is 1.86. The lowest BCUT2D eigenvalue weighted by molar-refractivity contribution is 0.110. The smallest absolute Gasteiger partial charge is 0.185 e. The fourth-order valence-corrected chi connectivity index (χ4v) is 1.69. The number of furan rings is 1. The Balaban J connectivity index is 2.21. The molecule has 0 amide bonds. The van der Waals surface area contributed by atoms with Crippen molar-refractivity contribution in [1.82, 2.24) is 10.2 Å². The SMILES string of the molecule is O=Cc1ccc(-c2n[nH]c3ccccc23)o1. The molecule has 0 aliphatic carbocycles. The average Bonchev–Trinajstić information content (AvgIpc) is 2.94. The van der Waals surface area contributed by atoms with Crippen LogP contribution in [-0.4, -0.2) is 16.5 Å². The van der Waals surface area contributed by atoms with Crippen LogP contribution in [0.5, 0.6) is 0 Å². The van der Waals surface area contributed by atoms with Crippen LogP contribution in [0.25, 0.3) is 22.4 Å². The molecule has 0 aliphatic heterocycles. The van der Waals surface area contributed by atoms with Gasteiger partial charge >= 0.3 is 0 Å². The molecular formula is C12H8N2O2. The molecule has 4 heteroatoms. The summed E-state index contributed by atoms with van der Waals surface area (Å²) in [7, 11) is 0. The summed E-state index contributed by atoms with van der Waals surface area (Å²) in [5.41, 5.74) is 1.67. The van der Waals surface area contributed by atoms with Crippen LogP contribution < -0.4 is 0 Å². The first kappa shape index (κ1) is 8.91. The average molecular weight is 212 g/mol. The third-order valence-electron chi connectivity index (χ3n) is 2.45. The van der Waals surface area contributed by atoms with E-state index in [2.05, 4.69) is 10.2 Å². The van der Waals surface area contributed by atoms with Crippen LogP contribution in [0.4, 0.5) is 0 Å². The first-order valence-electron chi connectivity index (χ1n) is 4.87. The number of hydrogen-bond acceptors (Lipinski definition) is 3. The van der Waals surface area contributed by atoms with E-state index >= 15 is 0 Å². The number of hydrogen-bond donors (Lipinski definition) is 1. The van der Waals surface area contributed by atoms with Crippen molar-refractivity contribution in [3.05, 3.63) is 42.2 Å². The zero-order chi connectivity index (χ0) is 11.0. The van der Waals surface area contributed by atoms with Crippen LogP contribution in [0.2, 0.25) is 0 Å². The molecule has 2 aromatic heterocycles. The molecule has 16 heavy (non-hydrogen) atoms. The highest BCUT2D eigenvalue weighted by molar-refractivity contribution is 5.91. The summed E-state index contributed by atoms with van der Waals surface area (Å²) in [4.78, 5) is 10.5. The van der Waals surface area contributed by atoms with Crippen molar-refractivity contribution in [2.45, 2.75) is 0 Å². The van der Waals surface area contributed by atoms with Gasteiger partial charge in [0.2, 0.25) is 0 Å². The molecule has 0 unspecified atom stereocenters. The molecule has 78 valence electrons. The second kappa shape index (κ2) is 3.34. The Morgan fingerprint density at radius 3 is 2.88 bits per heavy atom. The van der Waals surface area contributed by atoms with Crippen molar-refractivity contribution < 1.29 is 9.21 Å². The third kappa shape index (κ3) is 1.24. The third-order valence-corrected chi connectivity index (χ3v) is 2.45. The van der Waals surface area contributed by atoms with Gasteiger partial charge in [0.25, 0.3) is 0 Å². The van der Waals surface area contributed by atoms with Gasteiger partial charge in [0.05, 0.1) is 5.52 Å². The number of carbonyl (C=O) groups excluding carboxylic acids is 1. The van der Waals surface area contributed by atoms with Gasteiger partial charge in [0.15, 0.2) is 17.8 Å². The molecule has 0 fully saturated rings. The monoisotopic (exact) mass is 212 g/mol. The lowest BCUT2D eigenvalue weighted by atomic mass is 10.2. The molecule has 0 bridgehead atoms. The van der Waals surface area contributed by atoms with E-state index in [0.717, 1.165) is 16.6 Å². The predicted molar refractivity (Wildman–Crippen MR) is 59.2 cm³/mol. The predicted octanol–water partition coefficient (Wildman–Crippen LogP) is 2.64. The van der Waals surface area contributed by atoms with Crippen molar-refractivity contribution in [3.63, 3.8) is 0 Å². The molecule has 3 rings (SSSR count). The number of nitrogens with zero attached hydrogens (tertiary/aromatic N) is 1. The van der Waals surface area contributed by atoms with Gasteiger partial charge < -0.3 is 4.42 Å². The molecule has 0 aliphatic rings. The number of aromatic amines is 1. The van der Waals surface area contributed by atoms with Gasteiger partial charge in [0.1, 0.15) is 5.69 Å². The number of benzene rings is 1. The van der Waals surface area contributed by atoms with Crippen LogP contribution in [-0.2, 0) is 0 Å². The van der Waals surface area contributed by atoms with Crippen molar-refractivity contribution in [1.29, 1.82) is 0 Å². The minimum Gasteiger partial charge on any atom is -0.452 e. The zero-order valence-corrected chi connectivity index (χ0v) is 8.31. The molecule has 0 saturated carbocycles. The first-order chi connectivity index (χ1) is 7.88. The highest BCUT2D eigenvalue weighted by Crippen LogP contribution is 2.26. The van der Waals surface area contributed by atoms with Crippen LogP contribution in [0.15, 0.2) is 40.8 Å². The normalized spacial score (nSPS) is 10.8. The second-order valence-electron chi connectivity index (χ2n) is 3.44.